The van der Waals surface area contributed by atoms with Gasteiger partial charge in [0.05, 0.1) is 15.6 Å². The fourth-order valence-corrected chi connectivity index (χ4v) is 1.77. The van der Waals surface area contributed by atoms with Crippen molar-refractivity contribution >= 4 is 17.3 Å². The number of ether oxygens (including phenoxy) is 1. The van der Waals surface area contributed by atoms with Crippen molar-refractivity contribution in [1.82, 2.24) is 4.98 Å². The van der Waals surface area contributed by atoms with E-state index in [-0.39, 0.29) is 17.3 Å². The van der Waals surface area contributed by atoms with Gasteiger partial charge in [0.2, 0.25) is 0 Å². The highest BCUT2D eigenvalue weighted by atomic mass is 35.5. The quantitative estimate of drug-likeness (QED) is 0.634. The lowest BCUT2D eigenvalue weighted by atomic mass is 10.2. The van der Waals surface area contributed by atoms with Gasteiger partial charge in [-0.15, -0.1) is 0 Å². The van der Waals surface area contributed by atoms with Crippen LogP contribution in [0.2, 0.25) is 5.02 Å². The van der Waals surface area contributed by atoms with Crippen LogP contribution >= 0.6 is 11.6 Å². The molecule has 0 N–H and O–H groups in total. The molecule has 19 heavy (non-hydrogen) atoms. The fraction of sp³-hybridized carbons (Fsp3) is 0.154. The summed E-state index contributed by atoms with van der Waals surface area (Å²) < 4.78 is 5.52. The van der Waals surface area contributed by atoms with Crippen LogP contribution in [-0.4, -0.2) is 9.91 Å². The molecule has 98 valence electrons. The number of hydrogen-bond acceptors (Lipinski definition) is 4. The van der Waals surface area contributed by atoms with Gasteiger partial charge in [-0.3, -0.25) is 15.1 Å². The molecule has 0 unspecified atom stereocenters. The molecular formula is C13H11ClN2O3. The lowest BCUT2D eigenvalue weighted by Crippen LogP contribution is -2.01. The summed E-state index contributed by atoms with van der Waals surface area (Å²) in [6, 6.07) is 7.88. The maximum absolute atomic E-state index is 10.6. The van der Waals surface area contributed by atoms with Crippen molar-refractivity contribution in [3.05, 3.63) is 62.9 Å². The van der Waals surface area contributed by atoms with Gasteiger partial charge in [-0.05, 0) is 24.6 Å². The van der Waals surface area contributed by atoms with Gasteiger partial charge in [0.25, 0.3) is 5.69 Å². The summed E-state index contributed by atoms with van der Waals surface area (Å²) in [7, 11) is 0. The number of benzene rings is 1. The Morgan fingerprint density at radius 1 is 1.42 bits per heavy atom. The van der Waals surface area contributed by atoms with Crippen molar-refractivity contribution in [2.45, 2.75) is 13.5 Å². The predicted octanol–water partition coefficient (Wildman–Crippen LogP) is 3.53. The van der Waals surface area contributed by atoms with Crippen LogP contribution in [0.15, 0.2) is 36.5 Å². The summed E-state index contributed by atoms with van der Waals surface area (Å²) in [5, 5.41) is 10.8. The third-order valence-electron chi connectivity index (χ3n) is 2.61. The van der Waals surface area contributed by atoms with Gasteiger partial charge in [-0.1, -0.05) is 17.7 Å². The topological polar surface area (TPSA) is 65.3 Å². The van der Waals surface area contributed by atoms with E-state index in [0.29, 0.717) is 5.75 Å². The molecule has 0 spiro atoms. The molecule has 0 bridgehead atoms. The van der Waals surface area contributed by atoms with Gasteiger partial charge >= 0.3 is 0 Å². The number of aromatic nitrogens is 1. The van der Waals surface area contributed by atoms with Crippen LogP contribution in [0.25, 0.3) is 0 Å². The van der Waals surface area contributed by atoms with Crippen molar-refractivity contribution in [1.29, 1.82) is 0 Å². The molecule has 0 saturated carbocycles. The first kappa shape index (κ1) is 13.3. The van der Waals surface area contributed by atoms with E-state index < -0.39 is 4.92 Å². The van der Waals surface area contributed by atoms with Gasteiger partial charge in [-0.25, -0.2) is 0 Å². The van der Waals surface area contributed by atoms with E-state index in [1.807, 2.05) is 19.1 Å². The Morgan fingerprint density at radius 2 is 2.21 bits per heavy atom. The van der Waals surface area contributed by atoms with Gasteiger partial charge in [0.1, 0.15) is 12.4 Å². The van der Waals surface area contributed by atoms with E-state index in [0.717, 1.165) is 11.3 Å². The van der Waals surface area contributed by atoms with Crippen LogP contribution in [0, 0.1) is 17.0 Å². The molecule has 0 atom stereocenters. The second-order valence-electron chi connectivity index (χ2n) is 3.93. The summed E-state index contributed by atoms with van der Waals surface area (Å²) in [5.41, 5.74) is 1.75. The number of rotatable bonds is 4. The lowest BCUT2D eigenvalue weighted by molar-refractivity contribution is -0.384. The normalized spacial score (nSPS) is 10.2. The first-order valence-electron chi connectivity index (χ1n) is 5.55. The molecule has 0 amide bonds. The molecular weight excluding hydrogens is 268 g/mol. The highest BCUT2D eigenvalue weighted by molar-refractivity contribution is 6.32. The molecule has 1 heterocycles. The van der Waals surface area contributed by atoms with Gasteiger partial charge in [0.15, 0.2) is 0 Å². The summed E-state index contributed by atoms with van der Waals surface area (Å²) in [6.45, 7) is 2.20. The fourth-order valence-electron chi connectivity index (χ4n) is 1.54. The average molecular weight is 279 g/mol. The molecule has 2 aromatic rings. The van der Waals surface area contributed by atoms with E-state index in [9.17, 15) is 10.1 Å². The Kier molecular flexibility index (Phi) is 3.97. The number of aryl methyl sites for hydroxylation is 1. The minimum atomic E-state index is -0.501. The molecule has 0 aliphatic carbocycles. The van der Waals surface area contributed by atoms with Crippen molar-refractivity contribution in [3.8, 4) is 5.75 Å². The van der Waals surface area contributed by atoms with Crippen LogP contribution in [0.4, 0.5) is 5.69 Å². The zero-order valence-electron chi connectivity index (χ0n) is 10.2. The highest BCUT2D eigenvalue weighted by Gasteiger charge is 2.10. The Labute approximate surface area is 115 Å². The van der Waals surface area contributed by atoms with Crippen molar-refractivity contribution in [2.75, 3.05) is 0 Å². The number of pyridine rings is 1. The molecule has 2 rings (SSSR count). The second-order valence-corrected chi connectivity index (χ2v) is 4.33. The van der Waals surface area contributed by atoms with Gasteiger partial charge < -0.3 is 4.74 Å². The van der Waals surface area contributed by atoms with E-state index in [4.69, 9.17) is 16.3 Å². The zero-order valence-corrected chi connectivity index (χ0v) is 10.9. The maximum Gasteiger partial charge on any atom is 0.271 e. The van der Waals surface area contributed by atoms with Crippen molar-refractivity contribution < 1.29 is 9.66 Å². The number of non-ortho nitro benzene ring substituents is 1. The Morgan fingerprint density at radius 3 is 2.84 bits per heavy atom. The minimum Gasteiger partial charge on any atom is -0.486 e. The standard InChI is InChI=1S/C13H11ClN2O3/c1-9-3-2-6-15-12(9)8-19-13-5-4-10(16(17)18)7-11(13)14/h2-7H,8H2,1H3. The minimum absolute atomic E-state index is 0.0635. The molecule has 0 saturated heterocycles. The van der Waals surface area contributed by atoms with Crippen LogP contribution in [0.3, 0.4) is 0 Å². The van der Waals surface area contributed by atoms with E-state index >= 15 is 0 Å². The van der Waals surface area contributed by atoms with E-state index in [2.05, 4.69) is 4.98 Å². The first-order valence-corrected chi connectivity index (χ1v) is 5.93. The van der Waals surface area contributed by atoms with Crippen LogP contribution < -0.4 is 4.74 Å². The summed E-state index contributed by atoms with van der Waals surface area (Å²) in [4.78, 5) is 14.3. The van der Waals surface area contributed by atoms with Crippen molar-refractivity contribution in [3.63, 3.8) is 0 Å². The summed E-state index contributed by atoms with van der Waals surface area (Å²) in [5.74, 6) is 0.400. The number of nitrogens with zero attached hydrogens (tertiary/aromatic N) is 2. The molecule has 0 aliphatic heterocycles. The lowest BCUT2D eigenvalue weighted by Gasteiger charge is -2.08. The molecule has 0 radical (unpaired) electrons. The molecule has 6 heteroatoms. The molecule has 0 fully saturated rings. The number of halogens is 1. The predicted molar refractivity (Wildman–Crippen MR) is 71.4 cm³/mol. The van der Waals surface area contributed by atoms with Crippen LogP contribution in [-0.2, 0) is 6.61 Å². The van der Waals surface area contributed by atoms with Crippen LogP contribution in [0.5, 0.6) is 5.75 Å². The Hall–Kier alpha value is -2.14. The highest BCUT2D eigenvalue weighted by Crippen LogP contribution is 2.29. The van der Waals surface area contributed by atoms with Gasteiger partial charge in [0, 0.05) is 18.3 Å². The zero-order chi connectivity index (χ0) is 13.8. The summed E-state index contributed by atoms with van der Waals surface area (Å²) >= 11 is 5.93. The third kappa shape index (κ3) is 3.20. The Bertz CT molecular complexity index is 617. The number of nitro benzene ring substituents is 1. The largest absolute Gasteiger partial charge is 0.486 e. The Balaban J connectivity index is 2.12. The van der Waals surface area contributed by atoms with E-state index in [1.54, 1.807) is 6.20 Å². The first-order chi connectivity index (χ1) is 9.08. The molecule has 5 nitrogen and oxygen atoms in total. The molecule has 0 aliphatic rings. The number of hydrogen-bond donors (Lipinski definition) is 0. The average Bonchev–Trinajstić information content (AvgIpc) is 2.39. The smallest absolute Gasteiger partial charge is 0.271 e. The van der Waals surface area contributed by atoms with E-state index in [1.165, 1.54) is 18.2 Å². The molecule has 1 aromatic carbocycles. The second kappa shape index (κ2) is 5.67. The monoisotopic (exact) mass is 278 g/mol. The number of nitro groups is 1. The maximum atomic E-state index is 10.6. The SMILES string of the molecule is Cc1cccnc1COc1ccc([N+](=O)[O-])cc1Cl. The summed E-state index contributed by atoms with van der Waals surface area (Å²) in [6.07, 6.45) is 1.68. The third-order valence-corrected chi connectivity index (χ3v) is 2.90. The molecule has 1 aromatic heterocycles. The van der Waals surface area contributed by atoms with Gasteiger partial charge in [-0.2, -0.15) is 0 Å². The van der Waals surface area contributed by atoms with Crippen molar-refractivity contribution in [2.24, 2.45) is 0 Å². The van der Waals surface area contributed by atoms with Crippen LogP contribution in [0.1, 0.15) is 11.3 Å².